The Hall–Kier alpha value is -0.460. The summed E-state index contributed by atoms with van der Waals surface area (Å²) < 4.78 is 10.6. The maximum absolute atomic E-state index is 9.91. The third-order valence-corrected chi connectivity index (χ3v) is 5.21. The summed E-state index contributed by atoms with van der Waals surface area (Å²) >= 11 is 0. The van der Waals surface area contributed by atoms with Gasteiger partial charge in [-0.2, -0.15) is 0 Å². The highest BCUT2D eigenvalue weighted by Crippen LogP contribution is 2.17. The van der Waals surface area contributed by atoms with Gasteiger partial charge in [0.05, 0.1) is 19.8 Å². The summed E-state index contributed by atoms with van der Waals surface area (Å²) in [7, 11) is 0. The molecule has 1 heterocycles. The summed E-state index contributed by atoms with van der Waals surface area (Å²) in [5, 5.41) is 29.0. The lowest BCUT2D eigenvalue weighted by molar-refractivity contribution is -0.0782. The van der Waals surface area contributed by atoms with E-state index in [-0.39, 0.29) is 13.2 Å². The predicted octanol–water partition coefficient (Wildman–Crippen LogP) is 3.74. The van der Waals surface area contributed by atoms with E-state index in [1.54, 1.807) is 0 Å². The van der Waals surface area contributed by atoms with Gasteiger partial charge >= 0.3 is 0 Å². The van der Waals surface area contributed by atoms with Gasteiger partial charge in [-0.15, -0.1) is 0 Å². The molecule has 27 heavy (non-hydrogen) atoms. The van der Waals surface area contributed by atoms with Gasteiger partial charge in [0.25, 0.3) is 0 Å². The van der Waals surface area contributed by atoms with Crippen LogP contribution in [0, 0.1) is 0 Å². The zero-order valence-electron chi connectivity index (χ0n) is 17.2. The SMILES string of the molecule is CCCCCCCCCCCCC/C=C/COC[C@@H](O)[C@@H]1OC[C@H](O)[C@@H]1O. The van der Waals surface area contributed by atoms with Crippen LogP contribution >= 0.6 is 0 Å². The smallest absolute Gasteiger partial charge is 0.114 e. The zero-order chi connectivity index (χ0) is 19.7. The lowest BCUT2D eigenvalue weighted by atomic mass is 10.1. The van der Waals surface area contributed by atoms with Gasteiger partial charge < -0.3 is 24.8 Å². The molecule has 1 aliphatic rings. The summed E-state index contributed by atoms with van der Waals surface area (Å²) in [5.74, 6) is 0. The highest BCUT2D eigenvalue weighted by molar-refractivity contribution is 4.88. The predicted molar refractivity (Wildman–Crippen MR) is 109 cm³/mol. The number of unbranched alkanes of at least 4 members (excludes halogenated alkanes) is 11. The highest BCUT2D eigenvalue weighted by atomic mass is 16.5. The molecule has 3 N–H and O–H groups in total. The maximum Gasteiger partial charge on any atom is 0.114 e. The summed E-state index contributed by atoms with van der Waals surface area (Å²) in [6.45, 7) is 2.86. The molecular formula is C22H42O5. The van der Waals surface area contributed by atoms with Crippen LogP contribution < -0.4 is 0 Å². The Balaban J connectivity index is 1.83. The Morgan fingerprint density at radius 2 is 1.52 bits per heavy atom. The van der Waals surface area contributed by atoms with Crippen molar-refractivity contribution >= 4 is 0 Å². The molecule has 0 aromatic heterocycles. The standard InChI is InChI=1S/C22H42O5/c1-2-3-4-5-6-7-8-9-10-11-12-13-14-15-16-26-17-20(24)22-21(25)19(23)18-27-22/h14-15,19-25H,2-13,16-18H2,1H3/b15-14+/t19-,20+,21-,22-/m0/s1. The van der Waals surface area contributed by atoms with Crippen molar-refractivity contribution in [1.29, 1.82) is 0 Å². The van der Waals surface area contributed by atoms with Gasteiger partial charge in [-0.25, -0.2) is 0 Å². The summed E-state index contributed by atoms with van der Waals surface area (Å²) in [5.41, 5.74) is 0. The first-order valence-electron chi connectivity index (χ1n) is 11.0. The van der Waals surface area contributed by atoms with Crippen molar-refractivity contribution < 1.29 is 24.8 Å². The molecule has 0 aliphatic carbocycles. The molecule has 160 valence electrons. The van der Waals surface area contributed by atoms with E-state index in [2.05, 4.69) is 13.0 Å². The van der Waals surface area contributed by atoms with E-state index in [1.165, 1.54) is 70.6 Å². The molecule has 5 nitrogen and oxygen atoms in total. The topological polar surface area (TPSA) is 79.2 Å². The Kier molecular flexibility index (Phi) is 15.0. The molecule has 5 heteroatoms. The highest BCUT2D eigenvalue weighted by Gasteiger charge is 2.39. The maximum atomic E-state index is 9.91. The second kappa shape index (κ2) is 16.5. The van der Waals surface area contributed by atoms with Crippen molar-refractivity contribution in [2.45, 2.75) is 108 Å². The van der Waals surface area contributed by atoms with E-state index in [4.69, 9.17) is 9.47 Å². The summed E-state index contributed by atoms with van der Waals surface area (Å²) in [6.07, 6.45) is 16.5. The van der Waals surface area contributed by atoms with Gasteiger partial charge in [0.1, 0.15) is 24.4 Å². The van der Waals surface area contributed by atoms with E-state index in [0.29, 0.717) is 6.61 Å². The molecule has 0 amide bonds. The van der Waals surface area contributed by atoms with Crippen LogP contribution in [-0.2, 0) is 9.47 Å². The number of aliphatic hydroxyl groups is 3. The molecule has 1 rings (SSSR count). The molecule has 1 aliphatic heterocycles. The minimum absolute atomic E-state index is 0.0573. The normalized spacial score (nSPS) is 24.1. The van der Waals surface area contributed by atoms with E-state index in [9.17, 15) is 15.3 Å². The monoisotopic (exact) mass is 386 g/mol. The number of hydrogen-bond donors (Lipinski definition) is 3. The van der Waals surface area contributed by atoms with Crippen molar-refractivity contribution in [3.8, 4) is 0 Å². The minimum atomic E-state index is -1.04. The number of allylic oxidation sites excluding steroid dienone is 1. The molecule has 0 aromatic carbocycles. The Morgan fingerprint density at radius 1 is 0.926 bits per heavy atom. The van der Waals surface area contributed by atoms with Crippen molar-refractivity contribution in [3.05, 3.63) is 12.2 Å². The van der Waals surface area contributed by atoms with Crippen molar-refractivity contribution in [2.24, 2.45) is 0 Å². The lowest BCUT2D eigenvalue weighted by Gasteiger charge is -2.20. The van der Waals surface area contributed by atoms with Crippen LogP contribution in [0.2, 0.25) is 0 Å². The molecule has 1 saturated heterocycles. The fourth-order valence-corrected chi connectivity index (χ4v) is 3.43. The second-order valence-electron chi connectivity index (χ2n) is 7.76. The van der Waals surface area contributed by atoms with Crippen LogP contribution in [0.5, 0.6) is 0 Å². The first-order chi connectivity index (χ1) is 13.2. The fourth-order valence-electron chi connectivity index (χ4n) is 3.43. The van der Waals surface area contributed by atoms with Gasteiger partial charge in [-0.3, -0.25) is 0 Å². The summed E-state index contributed by atoms with van der Waals surface area (Å²) in [4.78, 5) is 0. The fraction of sp³-hybridized carbons (Fsp3) is 0.909. The largest absolute Gasteiger partial charge is 0.388 e. The number of rotatable bonds is 17. The van der Waals surface area contributed by atoms with Crippen LogP contribution in [0.15, 0.2) is 12.2 Å². The van der Waals surface area contributed by atoms with E-state index >= 15 is 0 Å². The first-order valence-corrected chi connectivity index (χ1v) is 11.0. The Labute approximate surface area is 165 Å². The molecule has 4 atom stereocenters. The number of hydrogen-bond acceptors (Lipinski definition) is 5. The van der Waals surface area contributed by atoms with Crippen LogP contribution in [0.1, 0.15) is 84.0 Å². The molecule has 0 aromatic rings. The van der Waals surface area contributed by atoms with Gasteiger partial charge in [0, 0.05) is 0 Å². The average Bonchev–Trinajstić information content (AvgIpc) is 3.00. The molecular weight excluding hydrogens is 344 g/mol. The summed E-state index contributed by atoms with van der Waals surface area (Å²) in [6, 6.07) is 0. The molecule has 0 bridgehead atoms. The van der Waals surface area contributed by atoms with Crippen LogP contribution in [-0.4, -0.2) is 59.6 Å². The van der Waals surface area contributed by atoms with Crippen LogP contribution in [0.4, 0.5) is 0 Å². The average molecular weight is 387 g/mol. The van der Waals surface area contributed by atoms with Crippen molar-refractivity contribution in [1.82, 2.24) is 0 Å². The molecule has 0 spiro atoms. The lowest BCUT2D eigenvalue weighted by Crippen LogP contribution is -2.40. The third kappa shape index (κ3) is 11.9. The van der Waals surface area contributed by atoms with Crippen LogP contribution in [0.25, 0.3) is 0 Å². The van der Waals surface area contributed by atoms with Crippen LogP contribution in [0.3, 0.4) is 0 Å². The van der Waals surface area contributed by atoms with E-state index in [0.717, 1.165) is 6.42 Å². The Bertz CT molecular complexity index is 361. The molecule has 1 fully saturated rings. The van der Waals surface area contributed by atoms with E-state index in [1.807, 2.05) is 6.08 Å². The van der Waals surface area contributed by atoms with E-state index < -0.39 is 24.4 Å². The first kappa shape index (κ1) is 24.6. The molecule has 0 saturated carbocycles. The molecule has 0 unspecified atom stereocenters. The van der Waals surface area contributed by atoms with Gasteiger partial charge in [0.15, 0.2) is 0 Å². The zero-order valence-corrected chi connectivity index (χ0v) is 17.2. The number of ether oxygens (including phenoxy) is 2. The van der Waals surface area contributed by atoms with Gasteiger partial charge in [0.2, 0.25) is 0 Å². The second-order valence-corrected chi connectivity index (χ2v) is 7.76. The Morgan fingerprint density at radius 3 is 2.07 bits per heavy atom. The minimum Gasteiger partial charge on any atom is -0.388 e. The van der Waals surface area contributed by atoms with Gasteiger partial charge in [-0.05, 0) is 12.8 Å². The van der Waals surface area contributed by atoms with Crippen molar-refractivity contribution in [3.63, 3.8) is 0 Å². The molecule has 0 radical (unpaired) electrons. The quantitative estimate of drug-likeness (QED) is 0.262. The third-order valence-electron chi connectivity index (χ3n) is 5.21. The van der Waals surface area contributed by atoms with Crippen molar-refractivity contribution in [2.75, 3.05) is 19.8 Å². The van der Waals surface area contributed by atoms with Gasteiger partial charge in [-0.1, -0.05) is 83.3 Å². The number of aliphatic hydroxyl groups excluding tert-OH is 3.